The predicted octanol–water partition coefficient (Wildman–Crippen LogP) is 1.01. The van der Waals surface area contributed by atoms with E-state index in [0.717, 1.165) is 17.7 Å². The number of nitrogens with zero attached hydrogens (tertiary/aromatic N) is 2. The largest absolute Gasteiger partial charge is 0.379 e. The van der Waals surface area contributed by atoms with Gasteiger partial charge in [-0.25, -0.2) is 0 Å². The molecule has 6 heteroatoms. The van der Waals surface area contributed by atoms with Gasteiger partial charge in [-0.1, -0.05) is 18.2 Å². The van der Waals surface area contributed by atoms with Crippen LogP contribution < -0.4 is 4.31 Å². The fourth-order valence-corrected chi connectivity index (χ4v) is 4.61. The van der Waals surface area contributed by atoms with Gasteiger partial charge in [0.05, 0.1) is 18.9 Å². The Morgan fingerprint density at radius 2 is 1.89 bits per heavy atom. The van der Waals surface area contributed by atoms with Gasteiger partial charge in [0.2, 0.25) is 0 Å². The van der Waals surface area contributed by atoms with Gasteiger partial charge in [-0.05, 0) is 25.0 Å². The number of hydrogen-bond acceptors (Lipinski definition) is 3. The molecule has 19 heavy (non-hydrogen) atoms. The second-order valence-electron chi connectivity index (χ2n) is 5.00. The highest BCUT2D eigenvalue weighted by Crippen LogP contribution is 2.35. The first kappa shape index (κ1) is 12.9. The SMILES string of the molecule is CC1Cc2ccccc2N1S(=O)(=O)N1CCOCC1. The molecule has 5 nitrogen and oxygen atoms in total. The Bertz CT molecular complexity index is 567. The molecular formula is C13H18N2O3S. The number of rotatable bonds is 2. The van der Waals surface area contributed by atoms with Crippen LogP contribution in [-0.4, -0.2) is 45.1 Å². The summed E-state index contributed by atoms with van der Waals surface area (Å²) in [7, 11) is -3.44. The highest BCUT2D eigenvalue weighted by molar-refractivity contribution is 7.90. The zero-order chi connectivity index (χ0) is 13.5. The maximum absolute atomic E-state index is 12.8. The number of para-hydroxylation sites is 1. The maximum Gasteiger partial charge on any atom is 0.304 e. The van der Waals surface area contributed by atoms with Crippen LogP contribution in [0.4, 0.5) is 5.69 Å². The lowest BCUT2D eigenvalue weighted by Gasteiger charge is -2.33. The zero-order valence-corrected chi connectivity index (χ0v) is 11.8. The molecule has 1 atom stereocenters. The molecule has 104 valence electrons. The molecule has 2 heterocycles. The predicted molar refractivity (Wildman–Crippen MR) is 73.4 cm³/mol. The minimum atomic E-state index is -3.44. The minimum absolute atomic E-state index is 0.0229. The van der Waals surface area contributed by atoms with Gasteiger partial charge in [0, 0.05) is 19.1 Å². The summed E-state index contributed by atoms with van der Waals surface area (Å²) < 4.78 is 33.8. The average molecular weight is 282 g/mol. The van der Waals surface area contributed by atoms with Gasteiger partial charge in [-0.2, -0.15) is 12.7 Å². The number of hydrogen-bond donors (Lipinski definition) is 0. The molecule has 1 saturated heterocycles. The van der Waals surface area contributed by atoms with Gasteiger partial charge in [-0.15, -0.1) is 0 Å². The van der Waals surface area contributed by atoms with Crippen LogP contribution in [0.1, 0.15) is 12.5 Å². The minimum Gasteiger partial charge on any atom is -0.379 e. The van der Waals surface area contributed by atoms with Crippen LogP contribution in [-0.2, 0) is 21.4 Å². The van der Waals surface area contributed by atoms with Crippen LogP contribution in [0, 0.1) is 0 Å². The molecule has 0 radical (unpaired) electrons. The Balaban J connectivity index is 1.97. The summed E-state index contributed by atoms with van der Waals surface area (Å²) in [5, 5.41) is 0. The normalized spacial score (nSPS) is 24.5. The summed E-state index contributed by atoms with van der Waals surface area (Å²) >= 11 is 0. The van der Waals surface area contributed by atoms with E-state index < -0.39 is 10.2 Å². The molecule has 0 N–H and O–H groups in total. The zero-order valence-electron chi connectivity index (χ0n) is 10.9. The van der Waals surface area contributed by atoms with E-state index in [1.165, 1.54) is 4.31 Å². The Hall–Kier alpha value is -1.11. The summed E-state index contributed by atoms with van der Waals surface area (Å²) in [5.74, 6) is 0. The topological polar surface area (TPSA) is 49.9 Å². The van der Waals surface area contributed by atoms with E-state index in [1.807, 2.05) is 31.2 Å². The number of fused-ring (bicyclic) bond motifs is 1. The fourth-order valence-electron chi connectivity index (χ4n) is 2.79. The van der Waals surface area contributed by atoms with Crippen molar-refractivity contribution in [3.63, 3.8) is 0 Å². The Kier molecular flexibility index (Phi) is 3.24. The lowest BCUT2D eigenvalue weighted by atomic mass is 10.1. The van der Waals surface area contributed by atoms with E-state index in [0.29, 0.717) is 26.3 Å². The van der Waals surface area contributed by atoms with Crippen LogP contribution in [0.15, 0.2) is 24.3 Å². The molecule has 0 spiro atoms. The third-order valence-corrected chi connectivity index (χ3v) is 5.76. The van der Waals surface area contributed by atoms with Crippen molar-refractivity contribution in [1.82, 2.24) is 4.31 Å². The Morgan fingerprint density at radius 1 is 1.21 bits per heavy atom. The first-order chi connectivity index (χ1) is 9.10. The number of ether oxygens (including phenoxy) is 1. The lowest BCUT2D eigenvalue weighted by Crippen LogP contribution is -2.50. The fraction of sp³-hybridized carbons (Fsp3) is 0.538. The molecular weight excluding hydrogens is 264 g/mol. The molecule has 0 aliphatic carbocycles. The third-order valence-electron chi connectivity index (χ3n) is 3.69. The van der Waals surface area contributed by atoms with Gasteiger partial charge in [0.1, 0.15) is 0 Å². The first-order valence-corrected chi connectivity index (χ1v) is 7.95. The van der Waals surface area contributed by atoms with Crippen LogP contribution in [0.2, 0.25) is 0 Å². The molecule has 0 amide bonds. The first-order valence-electron chi connectivity index (χ1n) is 6.56. The lowest BCUT2D eigenvalue weighted by molar-refractivity contribution is 0.0728. The van der Waals surface area contributed by atoms with Gasteiger partial charge in [0.25, 0.3) is 0 Å². The van der Waals surface area contributed by atoms with Gasteiger partial charge in [-0.3, -0.25) is 4.31 Å². The van der Waals surface area contributed by atoms with E-state index in [4.69, 9.17) is 4.74 Å². The number of anilines is 1. The van der Waals surface area contributed by atoms with Crippen molar-refractivity contribution in [2.24, 2.45) is 0 Å². The quantitative estimate of drug-likeness (QED) is 0.813. The van der Waals surface area contributed by atoms with Crippen molar-refractivity contribution >= 4 is 15.9 Å². The molecule has 0 aromatic heterocycles. The monoisotopic (exact) mass is 282 g/mol. The van der Waals surface area contributed by atoms with Crippen molar-refractivity contribution in [3.8, 4) is 0 Å². The van der Waals surface area contributed by atoms with Gasteiger partial charge in [0.15, 0.2) is 0 Å². The van der Waals surface area contributed by atoms with E-state index in [2.05, 4.69) is 0 Å². The summed E-state index contributed by atoms with van der Waals surface area (Å²) in [6, 6.07) is 7.71. The summed E-state index contributed by atoms with van der Waals surface area (Å²) in [6.07, 6.45) is 0.778. The Labute approximate surface area is 114 Å². The Morgan fingerprint density at radius 3 is 2.63 bits per heavy atom. The summed E-state index contributed by atoms with van der Waals surface area (Å²) in [6.45, 7) is 3.78. The molecule has 0 bridgehead atoms. The average Bonchev–Trinajstić information content (AvgIpc) is 2.76. The smallest absolute Gasteiger partial charge is 0.304 e. The molecule has 1 aromatic rings. The van der Waals surface area contributed by atoms with E-state index in [9.17, 15) is 8.42 Å². The van der Waals surface area contributed by atoms with Gasteiger partial charge >= 0.3 is 10.2 Å². The van der Waals surface area contributed by atoms with Crippen LogP contribution in [0.5, 0.6) is 0 Å². The van der Waals surface area contributed by atoms with E-state index >= 15 is 0 Å². The van der Waals surface area contributed by atoms with E-state index in [1.54, 1.807) is 4.31 Å². The highest BCUT2D eigenvalue weighted by atomic mass is 32.2. The van der Waals surface area contributed by atoms with Crippen LogP contribution in [0.25, 0.3) is 0 Å². The van der Waals surface area contributed by atoms with Crippen molar-refractivity contribution in [2.75, 3.05) is 30.6 Å². The van der Waals surface area contributed by atoms with Crippen LogP contribution in [0.3, 0.4) is 0 Å². The van der Waals surface area contributed by atoms with Crippen molar-refractivity contribution in [1.29, 1.82) is 0 Å². The molecule has 3 rings (SSSR count). The van der Waals surface area contributed by atoms with E-state index in [-0.39, 0.29) is 6.04 Å². The molecule has 1 fully saturated rings. The van der Waals surface area contributed by atoms with Crippen LogP contribution >= 0.6 is 0 Å². The molecule has 0 saturated carbocycles. The van der Waals surface area contributed by atoms with Crippen molar-refractivity contribution in [3.05, 3.63) is 29.8 Å². The number of benzene rings is 1. The maximum atomic E-state index is 12.8. The second kappa shape index (κ2) is 4.77. The molecule has 1 unspecified atom stereocenters. The standard InChI is InChI=1S/C13H18N2O3S/c1-11-10-12-4-2-3-5-13(12)15(11)19(16,17)14-6-8-18-9-7-14/h2-5,11H,6-10H2,1H3. The summed E-state index contributed by atoms with van der Waals surface area (Å²) in [5.41, 5.74) is 1.92. The number of morpholine rings is 1. The van der Waals surface area contributed by atoms with Crippen molar-refractivity contribution < 1.29 is 13.2 Å². The summed E-state index contributed by atoms with van der Waals surface area (Å²) in [4.78, 5) is 0. The molecule has 2 aliphatic heterocycles. The van der Waals surface area contributed by atoms with Gasteiger partial charge < -0.3 is 4.74 Å². The second-order valence-corrected chi connectivity index (χ2v) is 6.80. The van der Waals surface area contributed by atoms with Crippen molar-refractivity contribution in [2.45, 2.75) is 19.4 Å². The highest BCUT2D eigenvalue weighted by Gasteiger charge is 2.38. The third kappa shape index (κ3) is 2.13. The molecule has 1 aromatic carbocycles. The molecule has 2 aliphatic rings.